The van der Waals surface area contributed by atoms with E-state index in [-0.39, 0.29) is 24.5 Å². The quantitative estimate of drug-likeness (QED) is 0.171. The first kappa shape index (κ1) is 24.6. The Bertz CT molecular complexity index is 960. The van der Waals surface area contributed by atoms with Gasteiger partial charge < -0.3 is 20.2 Å². The fraction of sp³-hybridized carbons (Fsp3) is 0.538. The summed E-state index contributed by atoms with van der Waals surface area (Å²) in [5, 5.41) is 23.4. The third-order valence-corrected chi connectivity index (χ3v) is 6.48. The monoisotopic (exact) mass is 572 g/mol. The van der Waals surface area contributed by atoms with E-state index >= 15 is 0 Å². The number of rotatable bonds is 12. The van der Waals surface area contributed by atoms with Gasteiger partial charge in [-0.25, -0.2) is 19.3 Å². The summed E-state index contributed by atoms with van der Waals surface area (Å²) in [7, 11) is -2.32. The van der Waals surface area contributed by atoms with E-state index in [1.807, 2.05) is 0 Å². The predicted molar refractivity (Wildman–Crippen MR) is 114 cm³/mol. The van der Waals surface area contributed by atoms with Crippen LogP contribution >= 0.6 is 39.5 Å². The molecule has 1 unspecified atom stereocenters. The van der Waals surface area contributed by atoms with Crippen LogP contribution in [-0.4, -0.2) is 57.4 Å². The number of alkyl halides is 2. The lowest BCUT2D eigenvalue weighted by Gasteiger charge is -2.26. The van der Waals surface area contributed by atoms with Crippen LogP contribution in [0.15, 0.2) is 12.4 Å². The van der Waals surface area contributed by atoms with Gasteiger partial charge in [0.15, 0.2) is 5.69 Å². The lowest BCUT2D eigenvalue weighted by atomic mass is 10.3. The molecule has 0 fully saturated rings. The number of aromatic nitrogens is 4. The van der Waals surface area contributed by atoms with E-state index in [0.29, 0.717) is 23.7 Å². The molecule has 2 rings (SSSR count). The largest absolute Gasteiger partial charge is 0.435 e. The molecule has 2 N–H and O–H groups in total. The summed E-state index contributed by atoms with van der Waals surface area (Å²) in [5.41, 5.74) is 6.25. The van der Waals surface area contributed by atoms with Gasteiger partial charge in [0, 0.05) is 23.7 Å². The smallest absolute Gasteiger partial charge is 0.390 e. The Labute approximate surface area is 187 Å². The number of hydrogen-bond acceptors (Lipinski definition) is 8. The highest BCUT2D eigenvalue weighted by atomic mass is 79.9. The van der Waals surface area contributed by atoms with Crippen molar-refractivity contribution in [3.05, 3.63) is 44.0 Å². The van der Waals surface area contributed by atoms with Crippen molar-refractivity contribution in [1.82, 2.24) is 23.8 Å². The highest BCUT2D eigenvalue weighted by molar-refractivity contribution is 9.09. The fourth-order valence-electron chi connectivity index (χ4n) is 2.62. The van der Waals surface area contributed by atoms with Crippen LogP contribution in [0.3, 0.4) is 0 Å². The minimum Gasteiger partial charge on any atom is -0.390 e. The average molecular weight is 574 g/mol. The fourth-order valence-corrected chi connectivity index (χ4v) is 5.26. The Balaban J connectivity index is 2.34. The van der Waals surface area contributed by atoms with Crippen molar-refractivity contribution in [1.29, 1.82) is 0 Å². The van der Waals surface area contributed by atoms with Crippen LogP contribution in [0.2, 0.25) is 0 Å². The maximum absolute atomic E-state index is 12.9. The molecule has 14 nitrogen and oxygen atoms in total. The van der Waals surface area contributed by atoms with E-state index in [9.17, 15) is 24.8 Å². The summed E-state index contributed by atoms with van der Waals surface area (Å²) in [6.45, 7) is 0.208. The second kappa shape index (κ2) is 10.5. The van der Waals surface area contributed by atoms with Gasteiger partial charge in [0.2, 0.25) is 0 Å². The number of imidazole rings is 2. The maximum atomic E-state index is 12.9. The van der Waals surface area contributed by atoms with E-state index in [0.717, 1.165) is 4.57 Å². The van der Waals surface area contributed by atoms with Crippen LogP contribution in [0, 0.1) is 20.2 Å². The molecule has 0 saturated heterocycles. The Morgan fingerprint density at radius 2 is 1.83 bits per heavy atom. The minimum absolute atomic E-state index is 0.137. The first-order chi connectivity index (χ1) is 14.1. The molecule has 0 aliphatic heterocycles. The standard InChI is InChI=1S/C13H19Br2N8O6P/c1-19-11(9-29-30(16,28)21(5-2-14)6-3-15)10(18-13(19)23(26)27)8-20-7-4-17-12(20)22(24)25/h4,7H,2-3,5-6,8-9H2,1H3,(H2,16,28). The molecule has 0 saturated carbocycles. The Morgan fingerprint density at radius 3 is 2.37 bits per heavy atom. The summed E-state index contributed by atoms with van der Waals surface area (Å²) < 4.78 is 22.1. The SMILES string of the molecule is Cn1c([N+](=O)[O-])nc(Cn2ccnc2[N+](=O)[O-])c1COP(N)(=O)N(CCBr)CCBr. The molecule has 17 heteroatoms. The number of nitrogens with zero attached hydrogens (tertiary/aromatic N) is 7. The highest BCUT2D eigenvalue weighted by Gasteiger charge is 2.32. The molecule has 166 valence electrons. The molecule has 2 aromatic heterocycles. The van der Waals surface area contributed by atoms with Gasteiger partial charge in [0.25, 0.3) is 0 Å². The van der Waals surface area contributed by atoms with Gasteiger partial charge >= 0.3 is 19.6 Å². The summed E-state index contributed by atoms with van der Waals surface area (Å²) >= 11 is 6.52. The van der Waals surface area contributed by atoms with Crippen LogP contribution in [0.5, 0.6) is 0 Å². The molecule has 0 spiro atoms. The molecule has 0 amide bonds. The minimum atomic E-state index is -3.72. The second-order valence-electron chi connectivity index (χ2n) is 5.90. The van der Waals surface area contributed by atoms with Crippen molar-refractivity contribution < 1.29 is 18.9 Å². The molecule has 30 heavy (non-hydrogen) atoms. The van der Waals surface area contributed by atoms with Gasteiger partial charge in [0.1, 0.15) is 31.2 Å². The van der Waals surface area contributed by atoms with Gasteiger partial charge in [-0.15, -0.1) is 0 Å². The highest BCUT2D eigenvalue weighted by Crippen LogP contribution is 2.43. The molecule has 0 bridgehead atoms. The predicted octanol–water partition coefficient (Wildman–Crippen LogP) is 2.16. The summed E-state index contributed by atoms with van der Waals surface area (Å²) in [5.74, 6) is -0.934. The molecule has 2 heterocycles. The Morgan fingerprint density at radius 1 is 1.23 bits per heavy atom. The van der Waals surface area contributed by atoms with Crippen molar-refractivity contribution in [2.45, 2.75) is 13.2 Å². The van der Waals surface area contributed by atoms with Crippen LogP contribution in [0.4, 0.5) is 11.9 Å². The topological polar surface area (TPSA) is 177 Å². The summed E-state index contributed by atoms with van der Waals surface area (Å²) in [4.78, 5) is 28.6. The molecule has 0 aliphatic rings. The van der Waals surface area contributed by atoms with Crippen LogP contribution in [0.25, 0.3) is 0 Å². The molecule has 0 aromatic carbocycles. The van der Waals surface area contributed by atoms with Crippen molar-refractivity contribution in [2.24, 2.45) is 12.6 Å². The third kappa shape index (κ3) is 5.70. The Hall–Kier alpha value is -1.71. The average Bonchev–Trinajstić information content (AvgIpc) is 3.25. The van der Waals surface area contributed by atoms with E-state index in [4.69, 9.17) is 10.0 Å². The van der Waals surface area contributed by atoms with E-state index < -0.39 is 29.4 Å². The molecular weight excluding hydrogens is 555 g/mol. The maximum Gasteiger partial charge on any atom is 0.435 e. The zero-order valence-corrected chi connectivity index (χ0v) is 19.8. The molecule has 2 aromatic rings. The van der Waals surface area contributed by atoms with Crippen LogP contribution in [0.1, 0.15) is 11.4 Å². The summed E-state index contributed by atoms with van der Waals surface area (Å²) in [6.07, 6.45) is 2.59. The third-order valence-electron chi connectivity index (χ3n) is 4.08. The molecule has 1 atom stereocenters. The van der Waals surface area contributed by atoms with Crippen LogP contribution in [-0.2, 0) is 29.3 Å². The van der Waals surface area contributed by atoms with Gasteiger partial charge in [0.05, 0.1) is 7.05 Å². The Kier molecular flexibility index (Phi) is 8.63. The van der Waals surface area contributed by atoms with Crippen molar-refractivity contribution in [3.8, 4) is 0 Å². The molecule has 0 radical (unpaired) electrons. The molecular formula is C13H19Br2N8O6P. The van der Waals surface area contributed by atoms with E-state index in [2.05, 4.69) is 41.8 Å². The van der Waals surface area contributed by atoms with Crippen LogP contribution < -0.4 is 5.50 Å². The number of nitrogens with two attached hydrogens (primary N) is 1. The number of halogens is 2. The van der Waals surface area contributed by atoms with E-state index in [1.54, 1.807) is 0 Å². The first-order valence-corrected chi connectivity index (χ1v) is 12.3. The van der Waals surface area contributed by atoms with Crippen molar-refractivity contribution in [2.75, 3.05) is 23.7 Å². The second-order valence-corrected chi connectivity index (χ2v) is 9.44. The summed E-state index contributed by atoms with van der Waals surface area (Å²) in [6, 6.07) is 0. The van der Waals surface area contributed by atoms with Gasteiger partial charge in [-0.1, -0.05) is 41.8 Å². The number of nitro groups is 2. The van der Waals surface area contributed by atoms with Crippen molar-refractivity contribution >= 4 is 51.4 Å². The normalized spacial score (nSPS) is 13.5. The lowest BCUT2D eigenvalue weighted by molar-refractivity contribution is -0.397. The van der Waals surface area contributed by atoms with Crippen molar-refractivity contribution in [3.63, 3.8) is 0 Å². The zero-order chi connectivity index (χ0) is 22.5. The van der Waals surface area contributed by atoms with Gasteiger partial charge in [-0.3, -0.25) is 9.09 Å². The zero-order valence-electron chi connectivity index (χ0n) is 15.8. The molecule has 0 aliphatic carbocycles. The first-order valence-electron chi connectivity index (χ1n) is 8.37. The van der Waals surface area contributed by atoms with Gasteiger partial charge in [-0.05, 0) is 9.85 Å². The number of hydrogen-bond donors (Lipinski definition) is 1. The van der Waals surface area contributed by atoms with Gasteiger partial charge in [-0.2, -0.15) is 0 Å². The van der Waals surface area contributed by atoms with E-state index in [1.165, 1.54) is 28.7 Å². The lowest BCUT2D eigenvalue weighted by Crippen LogP contribution is -2.29.